The smallest absolute Gasteiger partial charge is 0.208 e. The van der Waals surface area contributed by atoms with Gasteiger partial charge in [0.15, 0.2) is 0 Å². The number of hydrogen-bond acceptors (Lipinski definition) is 6. The molecular formula is C17H24N4OS. The third kappa shape index (κ3) is 3.07. The van der Waals surface area contributed by atoms with Crippen LogP contribution >= 0.6 is 11.3 Å². The van der Waals surface area contributed by atoms with Gasteiger partial charge in [-0.15, -0.1) is 11.3 Å². The van der Waals surface area contributed by atoms with Crippen LogP contribution in [-0.4, -0.2) is 34.0 Å². The molecule has 124 valence electrons. The second kappa shape index (κ2) is 6.00. The second-order valence-electron chi connectivity index (χ2n) is 6.91. The number of oxazole rings is 1. The maximum absolute atomic E-state index is 5.84. The van der Waals surface area contributed by atoms with E-state index < -0.39 is 0 Å². The molecule has 1 saturated heterocycles. The van der Waals surface area contributed by atoms with Crippen molar-refractivity contribution in [2.24, 2.45) is 5.41 Å². The lowest BCUT2D eigenvalue weighted by Crippen LogP contribution is -2.35. The zero-order valence-corrected chi connectivity index (χ0v) is 14.7. The molecule has 6 heteroatoms. The van der Waals surface area contributed by atoms with Gasteiger partial charge in [0.25, 0.3) is 0 Å². The van der Waals surface area contributed by atoms with Crippen LogP contribution in [0.25, 0.3) is 0 Å². The van der Waals surface area contributed by atoms with Crippen molar-refractivity contribution in [1.82, 2.24) is 20.2 Å². The predicted molar refractivity (Wildman–Crippen MR) is 90.3 cm³/mol. The normalized spacial score (nSPS) is 22.8. The first-order valence-electron chi connectivity index (χ1n) is 8.42. The van der Waals surface area contributed by atoms with E-state index in [4.69, 9.17) is 4.42 Å². The number of hydrogen-bond donors (Lipinski definition) is 1. The number of aromatic nitrogens is 2. The molecule has 2 fully saturated rings. The number of aryl methyl sites for hydroxylation is 2. The highest BCUT2D eigenvalue weighted by Gasteiger charge is 2.56. The van der Waals surface area contributed by atoms with Crippen molar-refractivity contribution in [2.45, 2.75) is 52.2 Å². The van der Waals surface area contributed by atoms with E-state index in [1.807, 2.05) is 20.0 Å². The summed E-state index contributed by atoms with van der Waals surface area (Å²) in [5.41, 5.74) is 1.51. The molecule has 4 rings (SSSR count). The minimum Gasteiger partial charge on any atom is -0.444 e. The van der Waals surface area contributed by atoms with Crippen molar-refractivity contribution in [2.75, 3.05) is 13.1 Å². The van der Waals surface area contributed by atoms with Crippen LogP contribution in [-0.2, 0) is 13.1 Å². The third-order valence-electron chi connectivity index (χ3n) is 5.42. The van der Waals surface area contributed by atoms with Crippen molar-refractivity contribution in [3.63, 3.8) is 0 Å². The van der Waals surface area contributed by atoms with E-state index in [0.29, 0.717) is 11.5 Å². The fraction of sp³-hybridized carbons (Fsp3) is 0.647. The van der Waals surface area contributed by atoms with Crippen LogP contribution < -0.4 is 5.32 Å². The molecular weight excluding hydrogens is 308 g/mol. The van der Waals surface area contributed by atoms with Crippen molar-refractivity contribution >= 4 is 11.3 Å². The zero-order chi connectivity index (χ0) is 15.9. The van der Waals surface area contributed by atoms with Gasteiger partial charge in [-0.25, -0.2) is 9.97 Å². The largest absolute Gasteiger partial charge is 0.444 e. The Morgan fingerprint density at radius 3 is 2.83 bits per heavy atom. The SMILES string of the molecule is Cc1nc(CN(Cc2nccs2)[C@@H]2CC23CCNCC3)oc1C. The molecule has 1 atom stereocenters. The molecule has 1 N–H and O–H groups in total. The van der Waals surface area contributed by atoms with E-state index in [-0.39, 0.29) is 0 Å². The van der Waals surface area contributed by atoms with Crippen molar-refractivity contribution in [3.8, 4) is 0 Å². The highest BCUT2D eigenvalue weighted by Crippen LogP contribution is 2.56. The molecule has 0 radical (unpaired) electrons. The average molecular weight is 332 g/mol. The third-order valence-corrected chi connectivity index (χ3v) is 6.18. The van der Waals surface area contributed by atoms with Crippen molar-refractivity contribution in [1.29, 1.82) is 0 Å². The van der Waals surface area contributed by atoms with Gasteiger partial charge in [0, 0.05) is 17.6 Å². The van der Waals surface area contributed by atoms with E-state index in [1.54, 1.807) is 11.3 Å². The zero-order valence-electron chi connectivity index (χ0n) is 13.8. The molecule has 0 unspecified atom stereocenters. The Morgan fingerprint density at radius 2 is 2.17 bits per heavy atom. The molecule has 2 aliphatic rings. The van der Waals surface area contributed by atoms with Crippen LogP contribution in [0, 0.1) is 19.3 Å². The lowest BCUT2D eigenvalue weighted by atomic mass is 9.93. The molecule has 0 bridgehead atoms. The van der Waals surface area contributed by atoms with Gasteiger partial charge in [0.05, 0.1) is 18.8 Å². The van der Waals surface area contributed by atoms with Gasteiger partial charge in [-0.2, -0.15) is 0 Å². The van der Waals surface area contributed by atoms with Crippen LogP contribution in [0.5, 0.6) is 0 Å². The summed E-state index contributed by atoms with van der Waals surface area (Å²) < 4.78 is 5.84. The number of piperidine rings is 1. The molecule has 2 aromatic heterocycles. The van der Waals surface area contributed by atoms with Crippen LogP contribution in [0.15, 0.2) is 16.0 Å². The summed E-state index contributed by atoms with van der Waals surface area (Å²) in [5, 5.41) is 6.72. The molecule has 3 heterocycles. The average Bonchev–Trinajstić information content (AvgIpc) is 2.87. The van der Waals surface area contributed by atoms with E-state index in [0.717, 1.165) is 43.5 Å². The predicted octanol–water partition coefficient (Wildman–Crippen LogP) is 2.89. The van der Waals surface area contributed by atoms with E-state index in [1.165, 1.54) is 24.3 Å². The van der Waals surface area contributed by atoms with E-state index in [9.17, 15) is 0 Å². The molecule has 1 spiro atoms. The van der Waals surface area contributed by atoms with E-state index in [2.05, 4.69) is 25.6 Å². The van der Waals surface area contributed by atoms with Crippen LogP contribution in [0.3, 0.4) is 0 Å². The molecule has 0 amide bonds. The second-order valence-corrected chi connectivity index (χ2v) is 7.89. The summed E-state index contributed by atoms with van der Waals surface area (Å²) in [4.78, 5) is 11.6. The van der Waals surface area contributed by atoms with Gasteiger partial charge < -0.3 is 9.73 Å². The van der Waals surface area contributed by atoms with E-state index >= 15 is 0 Å². The number of thiazole rings is 1. The Balaban J connectivity index is 1.52. The van der Waals surface area contributed by atoms with Gasteiger partial charge in [0.2, 0.25) is 5.89 Å². The number of nitrogens with one attached hydrogen (secondary N) is 1. The van der Waals surface area contributed by atoms with Crippen molar-refractivity contribution in [3.05, 3.63) is 33.9 Å². The van der Waals surface area contributed by atoms with Crippen LogP contribution in [0.1, 0.15) is 41.6 Å². The van der Waals surface area contributed by atoms with Crippen LogP contribution in [0.2, 0.25) is 0 Å². The molecule has 1 saturated carbocycles. The Morgan fingerprint density at radius 1 is 1.35 bits per heavy atom. The monoisotopic (exact) mass is 332 g/mol. The Labute approximate surface area is 141 Å². The minimum atomic E-state index is 0.513. The molecule has 0 aromatic carbocycles. The van der Waals surface area contributed by atoms with Gasteiger partial charge in [-0.3, -0.25) is 4.90 Å². The maximum Gasteiger partial charge on any atom is 0.208 e. The number of rotatable bonds is 5. The number of nitrogens with zero attached hydrogens (tertiary/aromatic N) is 3. The quantitative estimate of drug-likeness (QED) is 0.912. The highest BCUT2D eigenvalue weighted by molar-refractivity contribution is 7.09. The maximum atomic E-state index is 5.84. The summed E-state index contributed by atoms with van der Waals surface area (Å²) in [6.45, 7) is 7.99. The van der Waals surface area contributed by atoms with Gasteiger partial charge in [0.1, 0.15) is 10.8 Å². The minimum absolute atomic E-state index is 0.513. The summed E-state index contributed by atoms with van der Waals surface area (Å²) in [5.74, 6) is 1.77. The molecule has 1 aliphatic carbocycles. The Bertz CT molecular complexity index is 641. The fourth-order valence-corrected chi connectivity index (χ4v) is 4.51. The van der Waals surface area contributed by atoms with Crippen molar-refractivity contribution < 1.29 is 4.42 Å². The van der Waals surface area contributed by atoms with Gasteiger partial charge >= 0.3 is 0 Å². The lowest BCUT2D eigenvalue weighted by molar-refractivity contribution is 0.172. The topological polar surface area (TPSA) is 54.2 Å². The summed E-state index contributed by atoms with van der Waals surface area (Å²) in [7, 11) is 0. The first-order valence-corrected chi connectivity index (χ1v) is 9.30. The summed E-state index contributed by atoms with van der Waals surface area (Å²) in [6, 6.07) is 0.640. The molecule has 1 aliphatic heterocycles. The first kappa shape index (κ1) is 15.3. The summed E-state index contributed by atoms with van der Waals surface area (Å²) in [6.07, 6.45) is 5.77. The van der Waals surface area contributed by atoms with Gasteiger partial charge in [-0.05, 0) is 51.6 Å². The Hall–Kier alpha value is -1.24. The lowest BCUT2D eigenvalue weighted by Gasteiger charge is -2.28. The molecule has 23 heavy (non-hydrogen) atoms. The molecule has 2 aromatic rings. The fourth-order valence-electron chi connectivity index (χ4n) is 3.87. The first-order chi connectivity index (χ1) is 11.2. The molecule has 5 nitrogen and oxygen atoms in total. The van der Waals surface area contributed by atoms with Crippen LogP contribution in [0.4, 0.5) is 0 Å². The Kier molecular flexibility index (Phi) is 3.99. The standard InChI is InChI=1S/C17H24N4OS/c1-12-13(2)22-15(20-12)10-21(11-16-19-7-8-23-16)14-9-17(14)3-5-18-6-4-17/h7-8,14,18H,3-6,9-11H2,1-2H3/t14-/m1/s1. The summed E-state index contributed by atoms with van der Waals surface area (Å²) >= 11 is 1.73. The van der Waals surface area contributed by atoms with Gasteiger partial charge in [-0.1, -0.05) is 0 Å². The highest BCUT2D eigenvalue weighted by atomic mass is 32.1.